The van der Waals surface area contributed by atoms with Crippen molar-refractivity contribution in [2.24, 2.45) is 5.73 Å². The van der Waals surface area contributed by atoms with E-state index in [4.69, 9.17) is 10.5 Å². The van der Waals surface area contributed by atoms with Crippen LogP contribution in [0, 0.1) is 0 Å². The van der Waals surface area contributed by atoms with E-state index in [1.165, 1.54) is 0 Å². The minimum Gasteiger partial charge on any atom is -0.388 e. The van der Waals surface area contributed by atoms with E-state index in [1.807, 2.05) is 18.2 Å². The first-order valence-corrected chi connectivity index (χ1v) is 6.18. The van der Waals surface area contributed by atoms with Gasteiger partial charge in [0.15, 0.2) is 0 Å². The predicted molar refractivity (Wildman–Crippen MR) is 69.4 cm³/mol. The molecule has 0 saturated carbocycles. The fraction of sp³-hybridized carbons (Fsp3) is 0.462. The lowest BCUT2D eigenvalue weighted by molar-refractivity contribution is -0.120. The molecule has 1 aromatic rings. The lowest BCUT2D eigenvalue weighted by Gasteiger charge is -2.14. The number of rotatable bonds is 4. The summed E-state index contributed by atoms with van der Waals surface area (Å²) < 4.78 is 5.36. The van der Waals surface area contributed by atoms with Crippen molar-refractivity contribution in [2.75, 3.05) is 11.9 Å². The monoisotopic (exact) mass is 266 g/mol. The Bertz CT molecular complexity index is 426. The smallest absolute Gasteiger partial charge is 0.227 e. The zero-order valence-electron chi connectivity index (χ0n) is 10.4. The van der Waals surface area contributed by atoms with Crippen LogP contribution in [-0.2, 0) is 9.53 Å². The molecular weight excluding hydrogens is 248 g/mol. The van der Waals surface area contributed by atoms with Gasteiger partial charge in [0.1, 0.15) is 12.2 Å². The quantitative estimate of drug-likeness (QED) is 0.586. The summed E-state index contributed by atoms with van der Waals surface area (Å²) in [4.78, 5) is 11.8. The van der Waals surface area contributed by atoms with E-state index in [0.717, 1.165) is 0 Å². The highest BCUT2D eigenvalue weighted by Crippen LogP contribution is 2.23. The average molecular weight is 266 g/mol. The van der Waals surface area contributed by atoms with Crippen LogP contribution >= 0.6 is 0 Å². The van der Waals surface area contributed by atoms with Gasteiger partial charge in [-0.05, 0) is 12.1 Å². The van der Waals surface area contributed by atoms with Gasteiger partial charge in [-0.1, -0.05) is 18.2 Å². The third-order valence-corrected chi connectivity index (χ3v) is 3.14. The van der Waals surface area contributed by atoms with Crippen LogP contribution in [0.25, 0.3) is 0 Å². The molecule has 1 amide bonds. The second-order valence-electron chi connectivity index (χ2n) is 4.55. The number of ether oxygens (including phenoxy) is 1. The Balaban J connectivity index is 1.89. The second-order valence-corrected chi connectivity index (χ2v) is 4.55. The molecule has 5 N–H and O–H groups in total. The summed E-state index contributed by atoms with van der Waals surface area (Å²) >= 11 is 0. The first kappa shape index (κ1) is 14.0. The number of anilines is 1. The fourth-order valence-electron chi connectivity index (χ4n) is 2.11. The highest BCUT2D eigenvalue weighted by molar-refractivity contribution is 5.91. The average Bonchev–Trinajstić information content (AvgIpc) is 2.67. The van der Waals surface area contributed by atoms with Gasteiger partial charge in [-0.15, -0.1) is 0 Å². The van der Waals surface area contributed by atoms with Gasteiger partial charge in [0.05, 0.1) is 18.6 Å². The lowest BCUT2D eigenvalue weighted by atomic mass is 10.1. The van der Waals surface area contributed by atoms with Crippen LogP contribution in [0.2, 0.25) is 0 Å². The molecule has 1 aromatic carbocycles. The Hall–Kier alpha value is -1.47. The van der Waals surface area contributed by atoms with Gasteiger partial charge in [0.2, 0.25) is 5.91 Å². The van der Waals surface area contributed by atoms with Crippen molar-refractivity contribution in [3.63, 3.8) is 0 Å². The zero-order chi connectivity index (χ0) is 13.8. The van der Waals surface area contributed by atoms with Crippen LogP contribution in [0.15, 0.2) is 30.3 Å². The number of para-hydroxylation sites is 1. The third-order valence-electron chi connectivity index (χ3n) is 3.14. The Morgan fingerprint density at radius 2 is 1.84 bits per heavy atom. The highest BCUT2D eigenvalue weighted by Gasteiger charge is 2.42. The minimum absolute atomic E-state index is 0.0242. The number of aliphatic hydroxyl groups is 2. The number of hydrogen-bond donors (Lipinski definition) is 4. The molecule has 6 nitrogen and oxygen atoms in total. The van der Waals surface area contributed by atoms with Crippen molar-refractivity contribution in [1.29, 1.82) is 0 Å². The first-order valence-electron chi connectivity index (χ1n) is 6.18. The zero-order valence-corrected chi connectivity index (χ0v) is 10.4. The summed E-state index contributed by atoms with van der Waals surface area (Å²) in [5, 5.41) is 22.1. The Labute approximate surface area is 111 Å². The molecule has 0 unspecified atom stereocenters. The summed E-state index contributed by atoms with van der Waals surface area (Å²) in [6.45, 7) is 0.106. The van der Waals surface area contributed by atoms with E-state index < -0.39 is 24.4 Å². The lowest BCUT2D eigenvalue weighted by Crippen LogP contribution is -2.36. The predicted octanol–water partition coefficient (Wildman–Crippen LogP) is -0.537. The van der Waals surface area contributed by atoms with Crippen LogP contribution in [0.5, 0.6) is 0 Å². The van der Waals surface area contributed by atoms with E-state index in [-0.39, 0.29) is 18.9 Å². The molecule has 0 spiro atoms. The van der Waals surface area contributed by atoms with Gasteiger partial charge in [-0.3, -0.25) is 4.79 Å². The Morgan fingerprint density at radius 3 is 2.42 bits per heavy atom. The molecule has 1 aliphatic heterocycles. The number of carbonyl (C=O) groups is 1. The van der Waals surface area contributed by atoms with Crippen molar-refractivity contribution in [1.82, 2.24) is 0 Å². The molecule has 1 aliphatic rings. The number of amides is 1. The number of carbonyl (C=O) groups excluding carboxylic acids is 1. The first-order chi connectivity index (χ1) is 9.11. The van der Waals surface area contributed by atoms with Gasteiger partial charge in [0, 0.05) is 12.2 Å². The molecule has 1 saturated heterocycles. The highest BCUT2D eigenvalue weighted by atomic mass is 16.5. The molecule has 4 atom stereocenters. The third kappa shape index (κ3) is 3.30. The maximum Gasteiger partial charge on any atom is 0.227 e. The van der Waals surface area contributed by atoms with Gasteiger partial charge in [0.25, 0.3) is 0 Å². The summed E-state index contributed by atoms with van der Waals surface area (Å²) in [6.07, 6.45) is -3.50. The topological polar surface area (TPSA) is 105 Å². The SMILES string of the molecule is NC[C@H]1O[C@H](CC(=O)Nc2ccccc2)[C@@H](O)[C@@H]1O. The van der Waals surface area contributed by atoms with E-state index in [0.29, 0.717) is 5.69 Å². The van der Waals surface area contributed by atoms with Gasteiger partial charge >= 0.3 is 0 Å². The fourth-order valence-corrected chi connectivity index (χ4v) is 2.11. The molecule has 0 aromatic heterocycles. The van der Waals surface area contributed by atoms with Crippen LogP contribution in [0.1, 0.15) is 6.42 Å². The summed E-state index contributed by atoms with van der Waals surface area (Å²) in [7, 11) is 0. The summed E-state index contributed by atoms with van der Waals surface area (Å²) in [6, 6.07) is 9.00. The maximum atomic E-state index is 11.8. The van der Waals surface area contributed by atoms with E-state index in [1.54, 1.807) is 12.1 Å². The number of aliphatic hydroxyl groups excluding tert-OH is 2. The van der Waals surface area contributed by atoms with Crippen LogP contribution < -0.4 is 11.1 Å². The molecular formula is C13H18N2O4. The summed E-state index contributed by atoms with van der Waals surface area (Å²) in [5.41, 5.74) is 6.08. The molecule has 2 rings (SSSR count). The Morgan fingerprint density at radius 1 is 1.21 bits per heavy atom. The molecule has 1 heterocycles. The number of nitrogens with two attached hydrogens (primary N) is 1. The van der Waals surface area contributed by atoms with Crippen LogP contribution in [0.4, 0.5) is 5.69 Å². The molecule has 6 heteroatoms. The van der Waals surface area contributed by atoms with Crippen molar-refractivity contribution < 1.29 is 19.7 Å². The molecule has 104 valence electrons. The standard InChI is InChI=1S/C13H18N2O4/c14-7-10-13(18)12(17)9(19-10)6-11(16)15-8-4-2-1-3-5-8/h1-5,9-10,12-13,17-18H,6-7,14H2,(H,15,16)/t9-,10-,12-,13-/m1/s1. The number of benzene rings is 1. The van der Waals surface area contributed by atoms with Crippen molar-refractivity contribution in [3.8, 4) is 0 Å². The molecule has 0 bridgehead atoms. The van der Waals surface area contributed by atoms with Gasteiger partial charge in [-0.2, -0.15) is 0 Å². The molecule has 0 radical (unpaired) electrons. The minimum atomic E-state index is -1.09. The number of hydrogen-bond acceptors (Lipinski definition) is 5. The van der Waals surface area contributed by atoms with E-state index in [9.17, 15) is 15.0 Å². The van der Waals surface area contributed by atoms with Gasteiger partial charge in [-0.25, -0.2) is 0 Å². The second kappa shape index (κ2) is 6.12. The molecule has 1 fully saturated rings. The Kier molecular flexibility index (Phi) is 4.49. The molecule has 19 heavy (non-hydrogen) atoms. The van der Waals surface area contributed by atoms with Crippen molar-refractivity contribution in [2.45, 2.75) is 30.8 Å². The maximum absolute atomic E-state index is 11.8. The van der Waals surface area contributed by atoms with Crippen molar-refractivity contribution >= 4 is 11.6 Å². The van der Waals surface area contributed by atoms with Gasteiger partial charge < -0.3 is 26.0 Å². The van der Waals surface area contributed by atoms with Crippen molar-refractivity contribution in [3.05, 3.63) is 30.3 Å². The number of nitrogens with one attached hydrogen (secondary N) is 1. The summed E-state index contributed by atoms with van der Waals surface area (Å²) in [5.74, 6) is -0.278. The molecule has 0 aliphatic carbocycles. The van der Waals surface area contributed by atoms with E-state index in [2.05, 4.69) is 5.32 Å². The van der Waals surface area contributed by atoms with E-state index >= 15 is 0 Å². The van der Waals surface area contributed by atoms with Crippen LogP contribution in [0.3, 0.4) is 0 Å². The normalized spacial score (nSPS) is 30.3. The van der Waals surface area contributed by atoms with Crippen LogP contribution in [-0.4, -0.2) is 47.1 Å². The largest absolute Gasteiger partial charge is 0.388 e.